The summed E-state index contributed by atoms with van der Waals surface area (Å²) in [5.74, 6) is 0.452. The van der Waals surface area contributed by atoms with Gasteiger partial charge in [0.2, 0.25) is 0 Å². The summed E-state index contributed by atoms with van der Waals surface area (Å²) < 4.78 is 40.6. The highest BCUT2D eigenvalue weighted by Gasteiger charge is 2.31. The second kappa shape index (κ2) is 6.36. The van der Waals surface area contributed by atoms with Gasteiger partial charge in [0.25, 0.3) is 0 Å². The Morgan fingerprint density at radius 3 is 2.50 bits per heavy atom. The molecule has 3 nitrogen and oxygen atoms in total. The van der Waals surface area contributed by atoms with Gasteiger partial charge in [-0.25, -0.2) is 4.98 Å². The minimum absolute atomic E-state index is 0.0592. The number of aromatic amines is 1. The van der Waals surface area contributed by atoms with Crippen molar-refractivity contribution in [3.63, 3.8) is 0 Å². The van der Waals surface area contributed by atoms with E-state index in [0.717, 1.165) is 28.8 Å². The lowest BCUT2D eigenvalue weighted by Crippen LogP contribution is -2.17. The molecule has 126 valence electrons. The molecule has 0 aliphatic heterocycles. The molecule has 0 fully saturated rings. The number of fused-ring (bicyclic) bond motifs is 1. The molecular weight excluding hydrogens is 341 g/mol. The summed E-state index contributed by atoms with van der Waals surface area (Å²) in [6, 6.07) is 11.2. The lowest BCUT2D eigenvalue weighted by Gasteiger charge is -2.14. The van der Waals surface area contributed by atoms with Gasteiger partial charge in [0.15, 0.2) is 0 Å². The van der Waals surface area contributed by atoms with Gasteiger partial charge in [0.1, 0.15) is 11.6 Å². The average Bonchev–Trinajstić information content (AvgIpc) is 2.91. The van der Waals surface area contributed by atoms with Crippen molar-refractivity contribution in [3.8, 4) is 5.75 Å². The lowest BCUT2D eigenvalue weighted by atomic mass is 9.96. The zero-order chi connectivity index (χ0) is 17.3. The maximum Gasteiger partial charge on any atom is 0.573 e. The highest BCUT2D eigenvalue weighted by Crippen LogP contribution is 2.30. The van der Waals surface area contributed by atoms with Crippen molar-refractivity contribution in [2.75, 3.05) is 0 Å². The van der Waals surface area contributed by atoms with Crippen molar-refractivity contribution < 1.29 is 17.9 Å². The predicted octanol–water partition coefficient (Wildman–Crippen LogP) is 5.66. The molecule has 7 heteroatoms. The average molecular weight is 355 g/mol. The molecule has 0 aliphatic rings. The first-order valence-electron chi connectivity index (χ1n) is 7.36. The molecule has 1 N–H and O–H groups in total. The quantitative estimate of drug-likeness (QED) is 0.656. The number of rotatable bonds is 4. The fourth-order valence-electron chi connectivity index (χ4n) is 2.66. The molecular formula is C17H14ClF3N2O. The molecule has 0 saturated heterocycles. The number of alkyl halides is 3. The van der Waals surface area contributed by atoms with E-state index in [4.69, 9.17) is 11.6 Å². The Hall–Kier alpha value is -2.21. The van der Waals surface area contributed by atoms with Gasteiger partial charge in [-0.15, -0.1) is 13.2 Å². The maximum absolute atomic E-state index is 12.2. The van der Waals surface area contributed by atoms with Gasteiger partial charge >= 0.3 is 6.36 Å². The van der Waals surface area contributed by atoms with E-state index >= 15 is 0 Å². The van der Waals surface area contributed by atoms with Crippen molar-refractivity contribution in [1.29, 1.82) is 0 Å². The molecule has 24 heavy (non-hydrogen) atoms. The van der Waals surface area contributed by atoms with E-state index in [1.54, 1.807) is 24.3 Å². The fraction of sp³-hybridized carbons (Fsp3) is 0.235. The summed E-state index contributed by atoms with van der Waals surface area (Å²) in [4.78, 5) is 7.79. The van der Waals surface area contributed by atoms with Crippen molar-refractivity contribution in [3.05, 3.63) is 58.9 Å². The standard InChI is InChI=1S/C17H14ClF3N2O/c1-2-13(10-3-6-12(7-4-10)24-17(19,20)21)16-22-14-8-5-11(18)9-15(14)23-16/h3-9,13H,2H2,1H3,(H,22,23). The third-order valence-electron chi connectivity index (χ3n) is 3.72. The zero-order valence-electron chi connectivity index (χ0n) is 12.7. The first kappa shape index (κ1) is 16.6. The minimum atomic E-state index is -4.69. The maximum atomic E-state index is 12.2. The third-order valence-corrected chi connectivity index (χ3v) is 3.95. The summed E-state index contributed by atoms with van der Waals surface area (Å²) in [5, 5.41) is 0.611. The predicted molar refractivity (Wildman–Crippen MR) is 86.4 cm³/mol. The number of hydrogen-bond acceptors (Lipinski definition) is 2. The van der Waals surface area contributed by atoms with Crippen molar-refractivity contribution in [2.45, 2.75) is 25.6 Å². The monoisotopic (exact) mass is 354 g/mol. The van der Waals surface area contributed by atoms with Gasteiger partial charge < -0.3 is 9.72 Å². The largest absolute Gasteiger partial charge is 0.573 e. The smallest absolute Gasteiger partial charge is 0.406 e. The first-order chi connectivity index (χ1) is 11.4. The molecule has 2 aromatic carbocycles. The van der Waals surface area contributed by atoms with Crippen LogP contribution in [0.1, 0.15) is 30.7 Å². The molecule has 1 aromatic heterocycles. The van der Waals surface area contributed by atoms with Crippen LogP contribution < -0.4 is 4.74 Å². The van der Waals surface area contributed by atoms with Crippen LogP contribution in [-0.4, -0.2) is 16.3 Å². The molecule has 1 unspecified atom stereocenters. The van der Waals surface area contributed by atoms with Gasteiger partial charge in [0.05, 0.1) is 11.0 Å². The number of H-pyrrole nitrogens is 1. The van der Waals surface area contributed by atoms with Crippen LogP contribution >= 0.6 is 11.6 Å². The number of hydrogen-bond donors (Lipinski definition) is 1. The molecule has 0 bridgehead atoms. The summed E-state index contributed by atoms with van der Waals surface area (Å²) >= 11 is 5.98. The van der Waals surface area contributed by atoms with Crippen LogP contribution in [0, 0.1) is 0 Å². The molecule has 1 atom stereocenters. The van der Waals surface area contributed by atoms with Crippen molar-refractivity contribution >= 4 is 22.6 Å². The normalized spacial score (nSPS) is 13.2. The molecule has 0 radical (unpaired) electrons. The zero-order valence-corrected chi connectivity index (χ0v) is 13.4. The first-order valence-corrected chi connectivity index (χ1v) is 7.74. The highest BCUT2D eigenvalue weighted by molar-refractivity contribution is 6.31. The van der Waals surface area contributed by atoms with Crippen molar-refractivity contribution in [1.82, 2.24) is 9.97 Å². The van der Waals surface area contributed by atoms with Crippen LogP contribution in [-0.2, 0) is 0 Å². The number of halogens is 4. The van der Waals surface area contributed by atoms with Gasteiger partial charge in [-0.3, -0.25) is 0 Å². The Morgan fingerprint density at radius 2 is 1.88 bits per heavy atom. The highest BCUT2D eigenvalue weighted by atomic mass is 35.5. The number of imidazole rings is 1. The molecule has 3 aromatic rings. The fourth-order valence-corrected chi connectivity index (χ4v) is 2.83. The van der Waals surface area contributed by atoms with E-state index in [9.17, 15) is 13.2 Å². The second-order valence-electron chi connectivity index (χ2n) is 5.36. The minimum Gasteiger partial charge on any atom is -0.406 e. The summed E-state index contributed by atoms with van der Waals surface area (Å²) in [6.45, 7) is 1.99. The number of nitrogens with zero attached hydrogens (tertiary/aromatic N) is 1. The van der Waals surface area contributed by atoms with Gasteiger partial charge in [-0.05, 0) is 42.3 Å². The Balaban J connectivity index is 1.89. The number of benzene rings is 2. The van der Waals surface area contributed by atoms with Crippen LogP contribution in [0.4, 0.5) is 13.2 Å². The summed E-state index contributed by atoms with van der Waals surface area (Å²) in [6.07, 6.45) is -3.95. The third kappa shape index (κ3) is 3.64. The number of nitrogens with one attached hydrogen (secondary N) is 1. The molecule has 0 spiro atoms. The Bertz CT molecular complexity index is 843. The van der Waals surface area contributed by atoms with E-state index in [-0.39, 0.29) is 11.7 Å². The van der Waals surface area contributed by atoms with Crippen LogP contribution in [0.3, 0.4) is 0 Å². The van der Waals surface area contributed by atoms with Crippen LogP contribution in [0.25, 0.3) is 11.0 Å². The Morgan fingerprint density at radius 1 is 1.17 bits per heavy atom. The van der Waals surface area contributed by atoms with E-state index in [1.165, 1.54) is 12.1 Å². The van der Waals surface area contributed by atoms with Crippen LogP contribution in [0.5, 0.6) is 5.75 Å². The topological polar surface area (TPSA) is 37.9 Å². The van der Waals surface area contributed by atoms with E-state index in [2.05, 4.69) is 14.7 Å². The van der Waals surface area contributed by atoms with Gasteiger partial charge in [0, 0.05) is 10.9 Å². The molecule has 1 heterocycles. The summed E-state index contributed by atoms with van der Waals surface area (Å²) in [7, 11) is 0. The molecule has 0 saturated carbocycles. The number of ether oxygens (including phenoxy) is 1. The van der Waals surface area contributed by atoms with E-state index < -0.39 is 6.36 Å². The lowest BCUT2D eigenvalue weighted by molar-refractivity contribution is -0.274. The summed E-state index contributed by atoms with van der Waals surface area (Å²) in [5.41, 5.74) is 2.48. The van der Waals surface area contributed by atoms with Gasteiger partial charge in [-0.1, -0.05) is 30.7 Å². The molecule has 0 amide bonds. The molecule has 3 rings (SSSR count). The van der Waals surface area contributed by atoms with E-state index in [1.807, 2.05) is 13.0 Å². The second-order valence-corrected chi connectivity index (χ2v) is 5.80. The SMILES string of the molecule is CCC(c1ccc(OC(F)(F)F)cc1)c1nc2ccc(Cl)cc2[nH]1. The van der Waals surface area contributed by atoms with E-state index in [0.29, 0.717) is 5.02 Å². The van der Waals surface area contributed by atoms with Crippen LogP contribution in [0.15, 0.2) is 42.5 Å². The number of aromatic nitrogens is 2. The van der Waals surface area contributed by atoms with Crippen molar-refractivity contribution in [2.24, 2.45) is 0 Å². The van der Waals surface area contributed by atoms with Crippen LogP contribution in [0.2, 0.25) is 5.02 Å². The molecule has 0 aliphatic carbocycles. The Kier molecular flexibility index (Phi) is 4.41. The Labute approximate surface area is 141 Å². The van der Waals surface area contributed by atoms with Gasteiger partial charge in [-0.2, -0.15) is 0 Å².